The number of nitrogens with zero attached hydrogens (tertiary/aromatic N) is 4. The number of furan rings is 1. The van der Waals surface area contributed by atoms with Crippen molar-refractivity contribution in [3.63, 3.8) is 0 Å². The number of aromatic nitrogens is 1. The molecule has 2 fully saturated rings. The fourth-order valence-electron chi connectivity index (χ4n) is 5.15. The molecule has 3 aromatic rings. The van der Waals surface area contributed by atoms with Gasteiger partial charge in [-0.1, -0.05) is 12.1 Å². The third-order valence-corrected chi connectivity index (χ3v) is 7.13. The van der Waals surface area contributed by atoms with Crippen molar-refractivity contribution in [2.24, 2.45) is 5.92 Å². The number of benzene rings is 1. The van der Waals surface area contributed by atoms with Crippen LogP contribution in [0, 0.1) is 17.2 Å². The van der Waals surface area contributed by atoms with Crippen molar-refractivity contribution in [1.29, 1.82) is 5.26 Å². The highest BCUT2D eigenvalue weighted by Crippen LogP contribution is 2.32. The lowest BCUT2D eigenvalue weighted by molar-refractivity contribution is -0.125. The van der Waals surface area contributed by atoms with E-state index in [-0.39, 0.29) is 29.5 Å². The molecule has 0 bridgehead atoms. The molecule has 9 heteroatoms. The summed E-state index contributed by atoms with van der Waals surface area (Å²) in [5.41, 5.74) is 1.39. The Bertz CT molecular complexity index is 1200. The molecule has 9 nitrogen and oxygen atoms in total. The molecule has 0 saturated carbocycles. The van der Waals surface area contributed by atoms with Gasteiger partial charge >= 0.3 is 0 Å². The lowest BCUT2D eigenvalue weighted by Gasteiger charge is -2.32. The summed E-state index contributed by atoms with van der Waals surface area (Å²) in [6.07, 6.45) is 5.27. The third kappa shape index (κ3) is 5.09. The summed E-state index contributed by atoms with van der Waals surface area (Å²) in [6.45, 7) is 3.87. The van der Waals surface area contributed by atoms with Crippen molar-refractivity contribution in [2.75, 3.05) is 44.7 Å². The van der Waals surface area contributed by atoms with Crippen LogP contribution in [0.25, 0.3) is 11.7 Å². The zero-order valence-electron chi connectivity index (χ0n) is 20.5. The predicted molar refractivity (Wildman–Crippen MR) is 133 cm³/mol. The Kier molecular flexibility index (Phi) is 7.23. The summed E-state index contributed by atoms with van der Waals surface area (Å²) >= 11 is 0. The second-order valence-corrected chi connectivity index (χ2v) is 9.30. The van der Waals surface area contributed by atoms with Gasteiger partial charge in [0.25, 0.3) is 5.89 Å². The van der Waals surface area contributed by atoms with Crippen molar-refractivity contribution < 1.29 is 18.4 Å². The van der Waals surface area contributed by atoms with Crippen molar-refractivity contribution in [2.45, 2.75) is 31.7 Å². The minimum Gasteiger partial charge on any atom is -0.497 e. The Morgan fingerprint density at radius 2 is 2.03 bits per heavy atom. The molecule has 188 valence electrons. The summed E-state index contributed by atoms with van der Waals surface area (Å²) in [7, 11) is 1.67. The number of methoxy groups -OCH3 is 1. The number of hydrogen-bond acceptors (Lipinski definition) is 8. The highest BCUT2D eigenvalue weighted by molar-refractivity contribution is 5.79. The van der Waals surface area contributed by atoms with Crippen molar-refractivity contribution >= 4 is 11.8 Å². The molecule has 2 aromatic heterocycles. The number of nitrogens with one attached hydrogen (secondary N) is 1. The number of anilines is 1. The van der Waals surface area contributed by atoms with Gasteiger partial charge in [0.2, 0.25) is 17.5 Å². The highest BCUT2D eigenvalue weighted by atomic mass is 16.5. The lowest BCUT2D eigenvalue weighted by atomic mass is 9.95. The number of hydrogen-bond donors (Lipinski definition) is 1. The Labute approximate surface area is 210 Å². The Balaban J connectivity index is 1.20. The molecule has 1 amide bonds. The molecule has 1 aromatic carbocycles. The van der Waals surface area contributed by atoms with Crippen molar-refractivity contribution in [1.82, 2.24) is 15.2 Å². The second kappa shape index (κ2) is 10.9. The largest absolute Gasteiger partial charge is 0.497 e. The molecule has 1 atom stereocenters. The standard InChI is InChI=1S/C27H31N5O4/c1-34-21-7-4-6-20(16-21)23(31-11-2-3-12-31)18-29-25(33)19-9-13-32(14-10-19)27-22(17-28)30-26(36-27)24-8-5-15-35-24/h4-8,15-16,19,23H,2-3,9-14,18H2,1H3,(H,29,33)/t23-/m1/s1. The third-order valence-electron chi connectivity index (χ3n) is 7.13. The van der Waals surface area contributed by atoms with E-state index in [9.17, 15) is 10.1 Å². The van der Waals surface area contributed by atoms with Crippen LogP contribution in [0.15, 0.2) is 51.5 Å². The molecule has 0 radical (unpaired) electrons. The number of carbonyl (C=O) groups is 1. The van der Waals surface area contributed by atoms with E-state index in [1.807, 2.05) is 17.0 Å². The van der Waals surface area contributed by atoms with E-state index in [0.29, 0.717) is 44.1 Å². The molecule has 0 unspecified atom stereocenters. The van der Waals surface area contributed by atoms with Crippen LogP contribution in [-0.4, -0.2) is 55.6 Å². The molecular weight excluding hydrogens is 458 g/mol. The fourth-order valence-corrected chi connectivity index (χ4v) is 5.15. The quantitative estimate of drug-likeness (QED) is 0.506. The Morgan fingerprint density at radius 3 is 2.72 bits per heavy atom. The van der Waals surface area contributed by atoms with E-state index in [1.165, 1.54) is 19.1 Å². The molecule has 1 N–H and O–H groups in total. The number of piperidine rings is 1. The van der Waals surface area contributed by atoms with Gasteiger partial charge in [0.15, 0.2) is 5.76 Å². The number of likely N-dealkylation sites (tertiary alicyclic amines) is 1. The monoisotopic (exact) mass is 489 g/mol. The predicted octanol–water partition coefficient (Wildman–Crippen LogP) is 3.98. The minimum atomic E-state index is -0.0798. The van der Waals surface area contributed by atoms with Gasteiger partial charge in [0, 0.05) is 25.6 Å². The number of oxazole rings is 1. The first-order valence-electron chi connectivity index (χ1n) is 12.5. The van der Waals surface area contributed by atoms with E-state index in [0.717, 1.165) is 24.4 Å². The summed E-state index contributed by atoms with van der Waals surface area (Å²) in [4.78, 5) is 21.8. The molecule has 0 spiro atoms. The molecule has 5 rings (SSSR count). The number of nitriles is 1. The maximum atomic E-state index is 13.1. The van der Waals surface area contributed by atoms with Gasteiger partial charge in [-0.3, -0.25) is 9.69 Å². The molecule has 0 aliphatic carbocycles. The Morgan fingerprint density at radius 1 is 1.22 bits per heavy atom. The van der Waals surface area contributed by atoms with E-state index in [4.69, 9.17) is 13.6 Å². The number of ether oxygens (including phenoxy) is 1. The first-order chi connectivity index (χ1) is 17.7. The Hall–Kier alpha value is -3.77. The summed E-state index contributed by atoms with van der Waals surface area (Å²) < 4.78 is 16.6. The van der Waals surface area contributed by atoms with Gasteiger partial charge < -0.3 is 23.8 Å². The number of amides is 1. The molecule has 4 heterocycles. The first-order valence-corrected chi connectivity index (χ1v) is 12.5. The van der Waals surface area contributed by atoms with Crippen LogP contribution in [0.5, 0.6) is 5.75 Å². The molecule has 2 aliphatic heterocycles. The van der Waals surface area contributed by atoms with Gasteiger partial charge in [0.1, 0.15) is 11.8 Å². The molecular formula is C27H31N5O4. The normalized spacial score (nSPS) is 17.6. The number of carbonyl (C=O) groups excluding carboxylic acids is 1. The zero-order valence-corrected chi connectivity index (χ0v) is 20.5. The SMILES string of the molecule is COc1cccc([C@@H](CNC(=O)C2CCN(c3oc(-c4ccco4)nc3C#N)CC2)N2CCCC2)c1. The average Bonchev–Trinajstić information content (AvgIpc) is 3.71. The molecule has 2 aliphatic rings. The minimum absolute atomic E-state index is 0.0797. The summed E-state index contributed by atoms with van der Waals surface area (Å²) in [6, 6.07) is 13.9. The van der Waals surface area contributed by atoms with E-state index in [1.54, 1.807) is 19.2 Å². The fraction of sp³-hybridized carbons (Fsp3) is 0.444. The summed E-state index contributed by atoms with van der Waals surface area (Å²) in [5, 5.41) is 12.8. The zero-order chi connectivity index (χ0) is 24.9. The van der Waals surface area contributed by atoms with Crippen molar-refractivity contribution in [3.05, 3.63) is 53.9 Å². The van der Waals surface area contributed by atoms with Gasteiger partial charge in [-0.2, -0.15) is 10.2 Å². The van der Waals surface area contributed by atoms with Gasteiger partial charge in [-0.15, -0.1) is 0 Å². The van der Waals surface area contributed by atoms with Crippen LogP contribution >= 0.6 is 0 Å². The number of rotatable bonds is 8. The highest BCUT2D eigenvalue weighted by Gasteiger charge is 2.30. The lowest BCUT2D eigenvalue weighted by Crippen LogP contribution is -2.43. The molecule has 2 saturated heterocycles. The second-order valence-electron chi connectivity index (χ2n) is 9.30. The van der Waals surface area contributed by atoms with Crippen molar-refractivity contribution in [3.8, 4) is 23.5 Å². The van der Waals surface area contributed by atoms with Gasteiger partial charge in [0.05, 0.1) is 19.4 Å². The van der Waals surface area contributed by atoms with Crippen LogP contribution in [0.4, 0.5) is 5.88 Å². The first kappa shape index (κ1) is 23.9. The maximum absolute atomic E-state index is 13.1. The summed E-state index contributed by atoms with van der Waals surface area (Å²) in [5.74, 6) is 2.04. The van der Waals surface area contributed by atoms with Crippen LogP contribution in [0.1, 0.15) is 43.0 Å². The van der Waals surface area contributed by atoms with Gasteiger partial charge in [-0.05, 0) is 68.6 Å². The van der Waals surface area contributed by atoms with E-state index >= 15 is 0 Å². The maximum Gasteiger partial charge on any atom is 0.266 e. The smallest absolute Gasteiger partial charge is 0.266 e. The van der Waals surface area contributed by atoms with Crippen LogP contribution in [-0.2, 0) is 4.79 Å². The van der Waals surface area contributed by atoms with Crippen LogP contribution < -0.4 is 15.0 Å². The average molecular weight is 490 g/mol. The topological polar surface area (TPSA) is 108 Å². The molecule has 36 heavy (non-hydrogen) atoms. The van der Waals surface area contributed by atoms with E-state index in [2.05, 4.69) is 33.4 Å². The van der Waals surface area contributed by atoms with Crippen LogP contribution in [0.3, 0.4) is 0 Å². The van der Waals surface area contributed by atoms with E-state index < -0.39 is 0 Å². The van der Waals surface area contributed by atoms with Gasteiger partial charge in [-0.25, -0.2) is 0 Å². The van der Waals surface area contributed by atoms with Crippen LogP contribution in [0.2, 0.25) is 0 Å².